The van der Waals surface area contributed by atoms with Crippen LogP contribution in [0.2, 0.25) is 0 Å². The molecule has 3 aromatic rings. The maximum absolute atomic E-state index is 13.4. The predicted octanol–water partition coefficient (Wildman–Crippen LogP) is 4.30. The van der Waals surface area contributed by atoms with E-state index in [9.17, 15) is 18.0 Å². The van der Waals surface area contributed by atoms with Gasteiger partial charge >= 0.3 is 6.36 Å². The Morgan fingerprint density at radius 1 is 1.05 bits per heavy atom. The molecule has 0 saturated carbocycles. The monoisotopic (exact) mass is 514 g/mol. The largest absolute Gasteiger partial charge is 0.573 e. The van der Waals surface area contributed by atoms with Crippen molar-refractivity contribution in [2.24, 2.45) is 0 Å². The summed E-state index contributed by atoms with van der Waals surface area (Å²) in [5, 5.41) is 9.97. The number of benzene rings is 2. The number of carboxylic acid groups (broad SMARTS) is 1. The summed E-state index contributed by atoms with van der Waals surface area (Å²) >= 11 is 0. The summed E-state index contributed by atoms with van der Waals surface area (Å²) in [6, 6.07) is 16.2. The number of halogens is 3. The van der Waals surface area contributed by atoms with Gasteiger partial charge in [0.2, 0.25) is 0 Å². The summed E-state index contributed by atoms with van der Waals surface area (Å²) in [5.41, 5.74) is 1.10. The Kier molecular flexibility index (Phi) is 7.32. The number of hydrogen-bond donors (Lipinski definition) is 2. The first-order valence-corrected chi connectivity index (χ1v) is 11.0. The molecule has 1 atom stereocenters. The first-order chi connectivity index (χ1) is 17.8. The van der Waals surface area contributed by atoms with Gasteiger partial charge in [0.15, 0.2) is 0 Å². The van der Waals surface area contributed by atoms with Gasteiger partial charge in [0, 0.05) is 18.2 Å². The molecule has 2 aliphatic heterocycles. The number of rotatable bonds is 4. The average molecular weight is 514 g/mol. The molecule has 5 rings (SSSR count). The van der Waals surface area contributed by atoms with Crippen LogP contribution >= 0.6 is 0 Å². The van der Waals surface area contributed by atoms with Gasteiger partial charge in [0.05, 0.1) is 12.2 Å². The molecule has 192 valence electrons. The Balaban J connectivity index is 0.00000102. The molecule has 2 aliphatic rings. The number of ether oxygens (including phenoxy) is 3. The van der Waals surface area contributed by atoms with Crippen LogP contribution in [0.1, 0.15) is 23.2 Å². The molecule has 0 aliphatic carbocycles. The van der Waals surface area contributed by atoms with E-state index < -0.39 is 11.9 Å². The smallest absolute Gasteiger partial charge is 0.491 e. The first-order valence-electron chi connectivity index (χ1n) is 11.0. The third-order valence-corrected chi connectivity index (χ3v) is 5.74. The third kappa shape index (κ3) is 5.66. The highest BCUT2D eigenvalue weighted by atomic mass is 19.4. The average Bonchev–Trinajstić information content (AvgIpc) is 2.88. The molecular weight excluding hydrogens is 493 g/mol. The molecule has 0 fully saturated rings. The molecule has 0 spiro atoms. The van der Waals surface area contributed by atoms with E-state index in [0.29, 0.717) is 34.8 Å². The molecule has 2 N–H and O–H groups in total. The topological polar surface area (TPSA) is 107 Å². The number of pyridine rings is 1. The van der Waals surface area contributed by atoms with Crippen molar-refractivity contribution >= 4 is 18.5 Å². The Labute approximate surface area is 209 Å². The van der Waals surface area contributed by atoms with E-state index in [2.05, 4.69) is 15.0 Å². The lowest BCUT2D eigenvalue weighted by molar-refractivity contribution is -0.274. The first kappa shape index (κ1) is 25.5. The Morgan fingerprint density at radius 3 is 2.49 bits per heavy atom. The van der Waals surface area contributed by atoms with Crippen molar-refractivity contribution in [2.45, 2.75) is 18.3 Å². The van der Waals surface area contributed by atoms with Crippen molar-refractivity contribution in [3.8, 4) is 17.2 Å². The second-order valence-electron chi connectivity index (χ2n) is 7.98. The van der Waals surface area contributed by atoms with E-state index in [1.54, 1.807) is 24.4 Å². The van der Waals surface area contributed by atoms with Crippen molar-refractivity contribution in [1.82, 2.24) is 10.3 Å². The van der Waals surface area contributed by atoms with Gasteiger partial charge < -0.3 is 24.6 Å². The van der Waals surface area contributed by atoms with E-state index in [-0.39, 0.29) is 31.3 Å². The lowest BCUT2D eigenvalue weighted by Gasteiger charge is -2.39. The molecular formula is C26H21F3N2O6. The van der Waals surface area contributed by atoms with E-state index in [1.165, 1.54) is 24.3 Å². The molecule has 37 heavy (non-hydrogen) atoms. The number of para-hydroxylation sites is 1. The molecule has 1 amide bonds. The van der Waals surface area contributed by atoms with E-state index in [1.807, 2.05) is 24.3 Å². The minimum atomic E-state index is -4.80. The van der Waals surface area contributed by atoms with Gasteiger partial charge in [0.25, 0.3) is 12.4 Å². The molecule has 3 heterocycles. The molecule has 11 heteroatoms. The van der Waals surface area contributed by atoms with Gasteiger partial charge in [0.1, 0.15) is 35.1 Å². The molecule has 0 radical (unpaired) electrons. The Hall–Kier alpha value is -4.54. The fourth-order valence-corrected chi connectivity index (χ4v) is 4.20. The number of hydrogen-bond acceptors (Lipinski definition) is 6. The van der Waals surface area contributed by atoms with Crippen LogP contribution in [0.3, 0.4) is 0 Å². The summed E-state index contributed by atoms with van der Waals surface area (Å²) in [6.07, 6.45) is -1.13. The predicted molar refractivity (Wildman–Crippen MR) is 125 cm³/mol. The number of fused-ring (bicyclic) bond motifs is 2. The zero-order valence-corrected chi connectivity index (χ0v) is 19.2. The molecule has 2 aromatic carbocycles. The fraction of sp³-hybridized carbons (Fsp3) is 0.192. The highest BCUT2D eigenvalue weighted by Crippen LogP contribution is 2.41. The van der Waals surface area contributed by atoms with Gasteiger partial charge in [-0.05, 0) is 42.0 Å². The fourth-order valence-electron chi connectivity index (χ4n) is 4.20. The number of nitrogens with one attached hydrogen (secondary N) is 1. The summed E-state index contributed by atoms with van der Waals surface area (Å²) in [5.74, 6) is 0.450. The minimum absolute atomic E-state index is 0.0862. The van der Waals surface area contributed by atoms with Gasteiger partial charge in [-0.15, -0.1) is 13.2 Å². The van der Waals surface area contributed by atoms with Crippen molar-refractivity contribution in [2.75, 3.05) is 13.2 Å². The third-order valence-electron chi connectivity index (χ3n) is 5.74. The van der Waals surface area contributed by atoms with Crippen LogP contribution in [0.5, 0.6) is 17.2 Å². The van der Waals surface area contributed by atoms with Crippen molar-refractivity contribution < 1.29 is 42.1 Å². The summed E-state index contributed by atoms with van der Waals surface area (Å²) in [7, 11) is 0. The van der Waals surface area contributed by atoms with E-state index >= 15 is 0 Å². The van der Waals surface area contributed by atoms with Gasteiger partial charge in [-0.1, -0.05) is 30.3 Å². The number of alkyl halides is 3. The summed E-state index contributed by atoms with van der Waals surface area (Å²) in [4.78, 5) is 26.2. The maximum Gasteiger partial charge on any atom is 0.573 e. The summed E-state index contributed by atoms with van der Waals surface area (Å²) < 4.78 is 53.3. The lowest BCUT2D eigenvalue weighted by atomic mass is 9.81. The maximum atomic E-state index is 13.4. The van der Waals surface area contributed by atoms with Gasteiger partial charge in [-0.25, -0.2) is 0 Å². The highest BCUT2D eigenvalue weighted by molar-refractivity contribution is 6.00. The number of nitrogens with zero attached hydrogens (tertiary/aromatic N) is 1. The number of amides is 1. The van der Waals surface area contributed by atoms with E-state index in [0.717, 1.165) is 5.56 Å². The van der Waals surface area contributed by atoms with Crippen LogP contribution in [-0.2, 0) is 15.1 Å². The van der Waals surface area contributed by atoms with Crippen LogP contribution in [0.4, 0.5) is 13.2 Å². The zero-order valence-electron chi connectivity index (χ0n) is 19.2. The molecule has 0 saturated heterocycles. The normalized spacial score (nSPS) is 17.8. The van der Waals surface area contributed by atoms with Crippen LogP contribution in [-0.4, -0.2) is 42.0 Å². The minimum Gasteiger partial charge on any atom is -0.491 e. The molecule has 0 bridgehead atoms. The van der Waals surface area contributed by atoms with Crippen LogP contribution in [0.25, 0.3) is 6.08 Å². The number of carbonyl (C=O) groups is 2. The molecule has 1 aromatic heterocycles. The van der Waals surface area contributed by atoms with Crippen LogP contribution in [0.15, 0.2) is 72.4 Å². The second-order valence-corrected chi connectivity index (χ2v) is 7.98. The SMILES string of the molecule is O=C(NC1(c2ccc(OC(F)(F)F)cc2)CCOc2cccnc21)C1=Cc2ccccc2OC1.O=CO. The standard InChI is InChI=1S/C25H19F3N2O4.CH2O2/c26-25(27,28)34-19-9-7-18(8-10-19)24(11-13-32-21-6-3-12-29-22(21)24)30-23(31)17-14-16-4-1-2-5-20(16)33-15-17;2-1-3/h1-10,12,14H,11,13,15H2,(H,30,31);1H,(H,2,3). The Morgan fingerprint density at radius 2 is 1.76 bits per heavy atom. The quantitative estimate of drug-likeness (QED) is 0.500. The second kappa shape index (κ2) is 10.6. The Bertz CT molecular complexity index is 1310. The van der Waals surface area contributed by atoms with Crippen LogP contribution < -0.4 is 19.5 Å². The van der Waals surface area contributed by atoms with Crippen molar-refractivity contribution in [3.05, 3.63) is 89.3 Å². The van der Waals surface area contributed by atoms with E-state index in [4.69, 9.17) is 19.4 Å². The van der Waals surface area contributed by atoms with Crippen LogP contribution in [0, 0.1) is 0 Å². The number of aromatic nitrogens is 1. The zero-order chi connectivity index (χ0) is 26.5. The van der Waals surface area contributed by atoms with Gasteiger partial charge in [-0.2, -0.15) is 0 Å². The highest BCUT2D eigenvalue weighted by Gasteiger charge is 2.43. The number of carbonyl (C=O) groups excluding carboxylic acids is 1. The van der Waals surface area contributed by atoms with Crippen molar-refractivity contribution in [3.63, 3.8) is 0 Å². The molecule has 1 unspecified atom stereocenters. The van der Waals surface area contributed by atoms with Gasteiger partial charge in [-0.3, -0.25) is 14.6 Å². The lowest BCUT2D eigenvalue weighted by Crippen LogP contribution is -2.51. The summed E-state index contributed by atoms with van der Waals surface area (Å²) in [6.45, 7) is 0.112. The van der Waals surface area contributed by atoms with Crippen molar-refractivity contribution in [1.29, 1.82) is 0 Å². The molecule has 8 nitrogen and oxygen atoms in total.